The highest BCUT2D eigenvalue weighted by molar-refractivity contribution is 8.00. The van der Waals surface area contributed by atoms with Gasteiger partial charge in [0, 0.05) is 11.5 Å². The highest BCUT2D eigenvalue weighted by atomic mass is 32.2. The Kier molecular flexibility index (Phi) is 7.64. The van der Waals surface area contributed by atoms with E-state index in [2.05, 4.69) is 19.9 Å². The van der Waals surface area contributed by atoms with Gasteiger partial charge >= 0.3 is 9.75 Å². The van der Waals surface area contributed by atoms with Crippen molar-refractivity contribution in [2.45, 2.75) is 23.3 Å². The average molecular weight is 605 g/mol. The summed E-state index contributed by atoms with van der Waals surface area (Å²) in [6.45, 7) is -0.262. The zero-order valence-electron chi connectivity index (χ0n) is 19.1. The summed E-state index contributed by atoms with van der Waals surface area (Å²) < 4.78 is 14.1. The van der Waals surface area contributed by atoms with Crippen molar-refractivity contribution >= 4 is 78.8 Å². The summed E-state index contributed by atoms with van der Waals surface area (Å²) in [5.41, 5.74) is 9.82. The number of aromatic amines is 2. The van der Waals surface area contributed by atoms with Crippen molar-refractivity contribution in [2.75, 3.05) is 36.2 Å². The van der Waals surface area contributed by atoms with E-state index >= 15 is 0 Å². The summed E-state index contributed by atoms with van der Waals surface area (Å²) in [6, 6.07) is 0. The van der Waals surface area contributed by atoms with Gasteiger partial charge < -0.3 is 31.2 Å². The second kappa shape index (κ2) is 10.8. The van der Waals surface area contributed by atoms with Crippen LogP contribution < -0.4 is 32.3 Å². The minimum absolute atomic E-state index is 0.0478. The van der Waals surface area contributed by atoms with Crippen LogP contribution in [0.2, 0.25) is 0 Å². The highest BCUT2D eigenvalue weighted by Crippen LogP contribution is 2.33. The molecule has 6 rings (SSSR count). The molecule has 204 valence electrons. The van der Waals surface area contributed by atoms with E-state index in [0.29, 0.717) is 11.5 Å². The van der Waals surface area contributed by atoms with Crippen molar-refractivity contribution in [3.63, 3.8) is 0 Å². The standard InChI is InChI=1S/2C9H10N4O4S2/c2*10-8-11-6-5(7(15)12-8)19-9(16)13(6)3-2-18-4(1-14)17-3/h2*3-4,14H,1-2H2,(H3,10,11,12,15)/t3-,4+;3-,4-/m10/s1. The van der Waals surface area contributed by atoms with Gasteiger partial charge in [0.25, 0.3) is 11.1 Å². The Morgan fingerprint density at radius 3 is 1.53 bits per heavy atom. The maximum atomic E-state index is 12.0. The Labute approximate surface area is 226 Å². The Hall–Kier alpha value is -2.72. The average Bonchev–Trinajstić information content (AvgIpc) is 3.64. The molecule has 2 aliphatic heterocycles. The molecule has 0 aliphatic carbocycles. The lowest BCUT2D eigenvalue weighted by molar-refractivity contribution is -0.00279. The predicted molar refractivity (Wildman–Crippen MR) is 145 cm³/mol. The van der Waals surface area contributed by atoms with Crippen LogP contribution in [0.1, 0.15) is 12.5 Å². The molecule has 20 heteroatoms. The third-order valence-electron chi connectivity index (χ3n) is 5.32. The van der Waals surface area contributed by atoms with E-state index in [1.54, 1.807) is 0 Å². The molecule has 4 aromatic rings. The number of fused-ring (bicyclic) bond motifs is 2. The number of nitrogens with two attached hydrogens (primary N) is 2. The smallest absolute Gasteiger partial charge is 0.311 e. The van der Waals surface area contributed by atoms with Crippen LogP contribution in [0, 0.1) is 0 Å². The molecule has 0 bridgehead atoms. The number of thiazole rings is 2. The number of rotatable bonds is 4. The third-order valence-corrected chi connectivity index (χ3v) is 9.43. The minimum Gasteiger partial charge on any atom is -0.393 e. The zero-order valence-corrected chi connectivity index (χ0v) is 22.3. The van der Waals surface area contributed by atoms with Crippen LogP contribution in [0.3, 0.4) is 0 Å². The molecule has 6 heterocycles. The maximum Gasteiger partial charge on any atom is 0.311 e. The van der Waals surface area contributed by atoms with Crippen LogP contribution in [0.15, 0.2) is 19.2 Å². The van der Waals surface area contributed by atoms with Gasteiger partial charge in [-0.25, -0.2) is 0 Å². The van der Waals surface area contributed by atoms with E-state index in [0.717, 1.165) is 22.7 Å². The van der Waals surface area contributed by atoms with Crippen LogP contribution in [0.4, 0.5) is 11.9 Å². The van der Waals surface area contributed by atoms with Crippen LogP contribution in [0.25, 0.3) is 20.7 Å². The zero-order chi connectivity index (χ0) is 27.1. The first-order chi connectivity index (χ1) is 18.2. The number of nitrogens with zero attached hydrogens (tertiary/aromatic N) is 4. The van der Waals surface area contributed by atoms with Gasteiger partial charge in [0.2, 0.25) is 11.9 Å². The molecule has 0 aromatic carbocycles. The van der Waals surface area contributed by atoms with Gasteiger partial charge in [0.15, 0.2) is 11.3 Å². The van der Waals surface area contributed by atoms with Gasteiger partial charge in [0.1, 0.15) is 32.7 Å². The first kappa shape index (κ1) is 26.9. The van der Waals surface area contributed by atoms with Crippen molar-refractivity contribution in [1.82, 2.24) is 29.1 Å². The molecular formula is C18H20N8O8S4. The number of nitrogens with one attached hydrogen (secondary N) is 2. The lowest BCUT2D eigenvalue weighted by Crippen LogP contribution is -2.23. The maximum absolute atomic E-state index is 12.0. The predicted octanol–water partition coefficient (Wildman–Crippen LogP) is -1.38. The molecule has 0 radical (unpaired) electrons. The van der Waals surface area contributed by atoms with Crippen LogP contribution >= 0.6 is 46.2 Å². The molecule has 16 nitrogen and oxygen atoms in total. The third kappa shape index (κ3) is 5.00. The fourth-order valence-electron chi connectivity index (χ4n) is 3.75. The van der Waals surface area contributed by atoms with E-state index in [1.165, 1.54) is 32.7 Å². The number of aliphatic hydroxyl groups excluding tert-OH is 2. The van der Waals surface area contributed by atoms with Gasteiger partial charge in [-0.15, -0.1) is 23.5 Å². The molecule has 4 atom stereocenters. The second-order valence-electron chi connectivity index (χ2n) is 7.76. The largest absolute Gasteiger partial charge is 0.393 e. The van der Waals surface area contributed by atoms with Crippen LogP contribution in [0.5, 0.6) is 0 Å². The van der Waals surface area contributed by atoms with E-state index in [4.69, 9.17) is 31.2 Å². The Balaban J connectivity index is 0.000000155. The number of aliphatic hydroxyl groups is 2. The second-order valence-corrected chi connectivity index (χ2v) is 12.1. The van der Waals surface area contributed by atoms with E-state index < -0.39 is 23.6 Å². The number of aromatic nitrogens is 6. The van der Waals surface area contributed by atoms with E-state index in [9.17, 15) is 19.2 Å². The Morgan fingerprint density at radius 2 is 1.18 bits per heavy atom. The Morgan fingerprint density at radius 1 is 0.789 bits per heavy atom. The number of H-pyrrole nitrogens is 2. The van der Waals surface area contributed by atoms with Crippen molar-refractivity contribution in [2.24, 2.45) is 0 Å². The normalized spacial score (nSPS) is 23.2. The molecule has 38 heavy (non-hydrogen) atoms. The number of hydrogen-bond acceptors (Lipinski definition) is 16. The van der Waals surface area contributed by atoms with Crippen molar-refractivity contribution in [3.05, 3.63) is 40.0 Å². The summed E-state index contributed by atoms with van der Waals surface area (Å²) in [5.74, 6) is 0.915. The van der Waals surface area contributed by atoms with Gasteiger partial charge in [-0.2, -0.15) is 9.97 Å². The first-order valence-electron chi connectivity index (χ1n) is 10.8. The minimum atomic E-state index is -0.544. The monoisotopic (exact) mass is 604 g/mol. The summed E-state index contributed by atoms with van der Waals surface area (Å²) in [7, 11) is 0. The van der Waals surface area contributed by atoms with E-state index in [1.807, 2.05) is 0 Å². The first-order valence-corrected chi connectivity index (χ1v) is 14.5. The summed E-state index contributed by atoms with van der Waals surface area (Å²) in [5, 5.41) is 18.1. The fraction of sp³-hybridized carbons (Fsp3) is 0.444. The van der Waals surface area contributed by atoms with Gasteiger partial charge in [-0.3, -0.25) is 38.3 Å². The summed E-state index contributed by atoms with van der Waals surface area (Å²) in [6.07, 6.45) is -1.09. The molecule has 8 N–H and O–H groups in total. The van der Waals surface area contributed by atoms with Gasteiger partial charge in [-0.05, 0) is 0 Å². The van der Waals surface area contributed by atoms with E-state index in [-0.39, 0.29) is 66.4 Å². The molecular weight excluding hydrogens is 585 g/mol. The van der Waals surface area contributed by atoms with Gasteiger partial charge in [0.05, 0.1) is 13.2 Å². The van der Waals surface area contributed by atoms with Gasteiger partial charge in [-0.1, -0.05) is 22.7 Å². The van der Waals surface area contributed by atoms with Crippen LogP contribution in [-0.2, 0) is 9.47 Å². The highest BCUT2D eigenvalue weighted by Gasteiger charge is 2.31. The molecule has 0 spiro atoms. The fourth-order valence-corrected chi connectivity index (χ4v) is 7.30. The summed E-state index contributed by atoms with van der Waals surface area (Å²) in [4.78, 5) is 59.4. The number of thioether (sulfide) groups is 2. The number of ether oxygens (including phenoxy) is 2. The lowest BCUT2D eigenvalue weighted by Gasteiger charge is -2.12. The Bertz CT molecular complexity index is 1600. The lowest BCUT2D eigenvalue weighted by atomic mass is 10.5. The number of hydrogen-bond donors (Lipinski definition) is 6. The molecule has 2 saturated heterocycles. The number of anilines is 2. The number of nitrogen functional groups attached to an aromatic ring is 2. The molecule has 4 aromatic heterocycles. The SMILES string of the molecule is Nc1nc2c(sc(=O)n2[C@@H]2CS[C@@H](CO)O2)c(=O)[nH]1.Nc1nc2c(sc(=O)n2[C@H]2CS[C@@H](CO)O2)c(=O)[nH]1. The molecule has 2 fully saturated rings. The van der Waals surface area contributed by atoms with Crippen molar-refractivity contribution in [3.8, 4) is 0 Å². The van der Waals surface area contributed by atoms with Crippen molar-refractivity contribution < 1.29 is 19.7 Å². The molecule has 0 amide bonds. The topological polar surface area (TPSA) is 246 Å². The van der Waals surface area contributed by atoms with Crippen molar-refractivity contribution in [1.29, 1.82) is 0 Å². The van der Waals surface area contributed by atoms with Crippen LogP contribution in [-0.4, -0.2) is 74.9 Å². The molecule has 0 unspecified atom stereocenters. The summed E-state index contributed by atoms with van der Waals surface area (Å²) >= 11 is 4.41. The quantitative estimate of drug-likeness (QED) is 0.157. The molecule has 0 saturated carbocycles. The molecule has 2 aliphatic rings.